The summed E-state index contributed by atoms with van der Waals surface area (Å²) in [5, 5.41) is 0. The van der Waals surface area contributed by atoms with E-state index in [1.54, 1.807) is 0 Å². The summed E-state index contributed by atoms with van der Waals surface area (Å²) in [5.41, 5.74) is 5.22. The quantitative estimate of drug-likeness (QED) is 0.780. The summed E-state index contributed by atoms with van der Waals surface area (Å²) in [6.07, 6.45) is 4.50. The van der Waals surface area contributed by atoms with E-state index in [1.807, 2.05) is 32.7 Å². The number of primary amides is 1. The van der Waals surface area contributed by atoms with Gasteiger partial charge in [0.25, 0.3) is 0 Å². The van der Waals surface area contributed by atoms with Crippen molar-refractivity contribution in [1.29, 1.82) is 0 Å². The molecule has 0 heterocycles. The molecule has 0 spiro atoms. The zero-order valence-electron chi connectivity index (χ0n) is 13.0. The van der Waals surface area contributed by atoms with Crippen LogP contribution in [0.3, 0.4) is 0 Å². The van der Waals surface area contributed by atoms with E-state index < -0.39 is 0 Å². The second kappa shape index (κ2) is 17.8. The number of rotatable bonds is 6. The van der Waals surface area contributed by atoms with Crippen molar-refractivity contribution in [3.63, 3.8) is 0 Å². The lowest BCUT2D eigenvalue weighted by Crippen LogP contribution is -2.42. The molecule has 0 aromatic heterocycles. The molecule has 1 amide bonds. The maximum atomic E-state index is 10.9. The molecular formula is C14H34N2O. The summed E-state index contributed by atoms with van der Waals surface area (Å²) in [7, 11) is 1.92. The van der Waals surface area contributed by atoms with Crippen molar-refractivity contribution in [3.05, 3.63) is 0 Å². The minimum absolute atomic E-state index is 0.0787. The summed E-state index contributed by atoms with van der Waals surface area (Å²) in [6.45, 7) is 13.3. The van der Waals surface area contributed by atoms with Gasteiger partial charge in [-0.1, -0.05) is 60.8 Å². The average Bonchev–Trinajstić information content (AvgIpc) is 2.37. The topological polar surface area (TPSA) is 46.3 Å². The number of likely N-dealkylation sites (N-methyl/N-ethyl adjacent to an activating group) is 1. The van der Waals surface area contributed by atoms with Gasteiger partial charge < -0.3 is 5.73 Å². The van der Waals surface area contributed by atoms with Crippen LogP contribution < -0.4 is 5.73 Å². The van der Waals surface area contributed by atoms with Gasteiger partial charge in [-0.05, 0) is 20.0 Å². The highest BCUT2D eigenvalue weighted by molar-refractivity contribution is 5.79. The molecule has 0 fully saturated rings. The van der Waals surface area contributed by atoms with Gasteiger partial charge in [-0.2, -0.15) is 0 Å². The number of amides is 1. The van der Waals surface area contributed by atoms with Crippen LogP contribution in [0.4, 0.5) is 0 Å². The van der Waals surface area contributed by atoms with Crippen LogP contribution >= 0.6 is 0 Å². The van der Waals surface area contributed by atoms with Crippen LogP contribution in [0.15, 0.2) is 0 Å². The Morgan fingerprint density at radius 3 is 1.65 bits per heavy atom. The highest BCUT2D eigenvalue weighted by Gasteiger charge is 2.17. The van der Waals surface area contributed by atoms with Crippen LogP contribution in [0.5, 0.6) is 0 Å². The molecule has 0 aromatic rings. The molecule has 3 heteroatoms. The number of unbranched alkanes of at least 4 members (excludes halogenated alkanes) is 1. The second-order valence-electron chi connectivity index (χ2n) is 3.78. The van der Waals surface area contributed by atoms with Crippen LogP contribution in [0, 0.1) is 0 Å². The first-order valence-corrected chi connectivity index (χ1v) is 7.04. The largest absolute Gasteiger partial charge is 0.368 e. The molecule has 2 N–H and O–H groups in total. The third-order valence-electron chi connectivity index (χ3n) is 2.42. The van der Waals surface area contributed by atoms with Crippen molar-refractivity contribution in [3.8, 4) is 0 Å². The summed E-state index contributed by atoms with van der Waals surface area (Å²) in [4.78, 5) is 12.8. The SMILES string of the molecule is CC.CCCC.CCC[C@@H](C(N)=O)N(C)CC. The molecule has 0 aliphatic carbocycles. The van der Waals surface area contributed by atoms with Gasteiger partial charge in [0.05, 0.1) is 6.04 Å². The van der Waals surface area contributed by atoms with Gasteiger partial charge in [-0.15, -0.1) is 0 Å². The average molecular weight is 246 g/mol. The lowest BCUT2D eigenvalue weighted by molar-refractivity contribution is -0.122. The van der Waals surface area contributed by atoms with Gasteiger partial charge in [0.1, 0.15) is 0 Å². The molecule has 0 saturated carbocycles. The smallest absolute Gasteiger partial charge is 0.234 e. The Kier molecular flexibility index (Phi) is 22.7. The predicted molar refractivity (Wildman–Crippen MR) is 78.1 cm³/mol. The zero-order chi connectivity index (χ0) is 14.3. The van der Waals surface area contributed by atoms with E-state index in [4.69, 9.17) is 5.73 Å². The fourth-order valence-electron chi connectivity index (χ4n) is 1.07. The van der Waals surface area contributed by atoms with Gasteiger partial charge in [-0.3, -0.25) is 9.69 Å². The van der Waals surface area contributed by atoms with E-state index >= 15 is 0 Å². The molecular weight excluding hydrogens is 212 g/mol. The van der Waals surface area contributed by atoms with Crippen molar-refractivity contribution in [1.82, 2.24) is 4.90 Å². The third kappa shape index (κ3) is 15.4. The number of carbonyl (C=O) groups excluding carboxylic acids is 1. The highest BCUT2D eigenvalue weighted by Crippen LogP contribution is 2.03. The summed E-state index contributed by atoms with van der Waals surface area (Å²) in [6, 6.07) is -0.0787. The van der Waals surface area contributed by atoms with E-state index in [2.05, 4.69) is 20.8 Å². The maximum absolute atomic E-state index is 10.9. The first-order chi connectivity index (χ1) is 8.04. The van der Waals surface area contributed by atoms with E-state index in [-0.39, 0.29) is 11.9 Å². The van der Waals surface area contributed by atoms with Crippen molar-refractivity contribution < 1.29 is 4.79 Å². The minimum Gasteiger partial charge on any atom is -0.368 e. The molecule has 0 aliphatic heterocycles. The van der Waals surface area contributed by atoms with Crippen molar-refractivity contribution in [2.24, 2.45) is 5.73 Å². The number of nitrogens with two attached hydrogens (primary N) is 1. The summed E-state index contributed by atoms with van der Waals surface area (Å²) >= 11 is 0. The minimum atomic E-state index is -0.212. The third-order valence-corrected chi connectivity index (χ3v) is 2.42. The number of hydrogen-bond donors (Lipinski definition) is 1. The Balaban J connectivity index is -0.000000275. The first-order valence-electron chi connectivity index (χ1n) is 7.04. The molecule has 0 rings (SSSR count). The van der Waals surface area contributed by atoms with Crippen LogP contribution in [0.1, 0.15) is 67.2 Å². The molecule has 106 valence electrons. The lowest BCUT2D eigenvalue weighted by Gasteiger charge is -2.23. The molecule has 0 radical (unpaired) electrons. The molecule has 0 aliphatic rings. The molecule has 0 unspecified atom stereocenters. The van der Waals surface area contributed by atoms with E-state index in [0.29, 0.717) is 0 Å². The predicted octanol–water partition coefficient (Wildman–Crippen LogP) is 3.42. The van der Waals surface area contributed by atoms with Gasteiger partial charge >= 0.3 is 0 Å². The Morgan fingerprint density at radius 1 is 1.06 bits per heavy atom. The summed E-state index contributed by atoms with van der Waals surface area (Å²) < 4.78 is 0. The van der Waals surface area contributed by atoms with Crippen LogP contribution in [0.2, 0.25) is 0 Å². The summed E-state index contributed by atoms with van der Waals surface area (Å²) in [5.74, 6) is -0.212. The van der Waals surface area contributed by atoms with E-state index in [1.165, 1.54) is 12.8 Å². The molecule has 17 heavy (non-hydrogen) atoms. The van der Waals surface area contributed by atoms with Crippen LogP contribution in [0.25, 0.3) is 0 Å². The highest BCUT2D eigenvalue weighted by atomic mass is 16.1. The standard InChI is InChI=1S/C8H18N2O.C4H10.C2H6/c1-4-6-7(8(9)11)10(3)5-2;1-3-4-2;1-2/h7H,4-6H2,1-3H3,(H2,9,11);3-4H2,1-2H3;1-2H3/t7-;;/m0../s1. The molecule has 0 bridgehead atoms. The zero-order valence-corrected chi connectivity index (χ0v) is 13.0. The van der Waals surface area contributed by atoms with Crippen LogP contribution in [-0.2, 0) is 4.79 Å². The first kappa shape index (κ1) is 21.7. The van der Waals surface area contributed by atoms with E-state index in [0.717, 1.165) is 19.4 Å². The van der Waals surface area contributed by atoms with Gasteiger partial charge in [-0.25, -0.2) is 0 Å². The van der Waals surface area contributed by atoms with Crippen molar-refractivity contribution in [2.75, 3.05) is 13.6 Å². The van der Waals surface area contributed by atoms with Crippen molar-refractivity contribution in [2.45, 2.75) is 73.3 Å². The number of carbonyl (C=O) groups is 1. The Hall–Kier alpha value is -0.570. The monoisotopic (exact) mass is 246 g/mol. The number of nitrogens with zero attached hydrogens (tertiary/aromatic N) is 1. The molecule has 0 saturated heterocycles. The Bertz CT molecular complexity index is 147. The Morgan fingerprint density at radius 2 is 1.47 bits per heavy atom. The number of hydrogen-bond acceptors (Lipinski definition) is 2. The maximum Gasteiger partial charge on any atom is 0.234 e. The lowest BCUT2D eigenvalue weighted by atomic mass is 10.1. The van der Waals surface area contributed by atoms with Crippen LogP contribution in [-0.4, -0.2) is 30.4 Å². The molecule has 0 aromatic carbocycles. The molecule has 3 nitrogen and oxygen atoms in total. The van der Waals surface area contributed by atoms with Gasteiger partial charge in [0, 0.05) is 0 Å². The molecule has 1 atom stereocenters. The normalized spacial score (nSPS) is 10.8. The van der Waals surface area contributed by atoms with Gasteiger partial charge in [0.15, 0.2) is 0 Å². The Labute approximate surface area is 109 Å². The fourth-order valence-corrected chi connectivity index (χ4v) is 1.07. The van der Waals surface area contributed by atoms with E-state index in [9.17, 15) is 4.79 Å². The fraction of sp³-hybridized carbons (Fsp3) is 0.929. The van der Waals surface area contributed by atoms with Crippen molar-refractivity contribution >= 4 is 5.91 Å². The second-order valence-corrected chi connectivity index (χ2v) is 3.78. The van der Waals surface area contributed by atoms with Gasteiger partial charge in [0.2, 0.25) is 5.91 Å².